The highest BCUT2D eigenvalue weighted by atomic mass is 35.5. The first kappa shape index (κ1) is 13.0. The van der Waals surface area contributed by atoms with Crippen LogP contribution >= 0.6 is 11.6 Å². The fraction of sp³-hybridized carbons (Fsp3) is 0.462. The average molecular weight is 240 g/mol. The third kappa shape index (κ3) is 4.67. The number of carbonyl (C=O) groups excluding carboxylic acids is 1. The molecule has 3 heteroatoms. The van der Waals surface area contributed by atoms with Gasteiger partial charge in [-0.2, -0.15) is 0 Å². The van der Waals surface area contributed by atoms with Gasteiger partial charge in [-0.15, -0.1) is 11.6 Å². The van der Waals surface area contributed by atoms with Crippen molar-refractivity contribution in [2.75, 3.05) is 12.4 Å². The van der Waals surface area contributed by atoms with Crippen LogP contribution in [0.1, 0.15) is 31.2 Å². The third-order valence-corrected chi connectivity index (χ3v) is 2.78. The van der Waals surface area contributed by atoms with Crippen molar-refractivity contribution in [3.8, 4) is 0 Å². The Hall–Kier alpha value is -1.02. The molecule has 0 saturated heterocycles. The van der Waals surface area contributed by atoms with E-state index >= 15 is 0 Å². The molecule has 0 saturated carbocycles. The average Bonchev–Trinajstić information content (AvgIpc) is 2.34. The van der Waals surface area contributed by atoms with E-state index in [0.717, 1.165) is 6.42 Å². The number of rotatable bonds is 6. The predicted octanol–water partition coefficient (Wildman–Crippen LogP) is 2.93. The van der Waals surface area contributed by atoms with Crippen LogP contribution in [-0.2, 0) is 4.79 Å². The Morgan fingerprint density at radius 2 is 2.06 bits per heavy atom. The van der Waals surface area contributed by atoms with Gasteiger partial charge < -0.3 is 5.32 Å². The third-order valence-electron chi connectivity index (χ3n) is 2.51. The Kier molecular flexibility index (Phi) is 5.94. The fourth-order valence-corrected chi connectivity index (χ4v) is 1.62. The van der Waals surface area contributed by atoms with Gasteiger partial charge in [-0.3, -0.25) is 4.79 Å². The van der Waals surface area contributed by atoms with Crippen molar-refractivity contribution in [1.82, 2.24) is 5.32 Å². The molecule has 0 aromatic heterocycles. The number of alkyl halides is 1. The molecule has 0 aliphatic rings. The van der Waals surface area contributed by atoms with E-state index in [1.165, 1.54) is 5.56 Å². The Morgan fingerprint density at radius 1 is 1.38 bits per heavy atom. The summed E-state index contributed by atoms with van der Waals surface area (Å²) in [6.45, 7) is 2.79. The number of hydrogen-bond acceptors (Lipinski definition) is 1. The van der Waals surface area contributed by atoms with Crippen molar-refractivity contribution in [3.63, 3.8) is 0 Å². The van der Waals surface area contributed by atoms with Gasteiger partial charge in [0, 0.05) is 18.8 Å². The topological polar surface area (TPSA) is 29.1 Å². The van der Waals surface area contributed by atoms with Gasteiger partial charge in [0.05, 0.1) is 0 Å². The van der Waals surface area contributed by atoms with Crippen LogP contribution in [0.15, 0.2) is 30.3 Å². The normalized spacial score (nSPS) is 12.1. The summed E-state index contributed by atoms with van der Waals surface area (Å²) in [5, 5.41) is 2.92. The van der Waals surface area contributed by atoms with Gasteiger partial charge in [0.1, 0.15) is 0 Å². The Bertz CT molecular complexity index is 313. The molecule has 0 aliphatic carbocycles. The van der Waals surface area contributed by atoms with E-state index in [1.54, 1.807) is 0 Å². The van der Waals surface area contributed by atoms with Crippen LogP contribution in [0, 0.1) is 0 Å². The lowest BCUT2D eigenvalue weighted by molar-refractivity contribution is -0.121. The van der Waals surface area contributed by atoms with Gasteiger partial charge >= 0.3 is 0 Å². The van der Waals surface area contributed by atoms with Gasteiger partial charge in [0.25, 0.3) is 0 Å². The molecule has 0 radical (unpaired) electrons. The van der Waals surface area contributed by atoms with E-state index in [4.69, 9.17) is 11.6 Å². The molecule has 2 nitrogen and oxygen atoms in total. The Morgan fingerprint density at radius 3 is 2.69 bits per heavy atom. The molecular weight excluding hydrogens is 222 g/mol. The fourth-order valence-electron chi connectivity index (χ4n) is 1.48. The molecule has 1 N–H and O–H groups in total. The summed E-state index contributed by atoms with van der Waals surface area (Å²) in [6, 6.07) is 10.2. The van der Waals surface area contributed by atoms with Crippen LogP contribution in [0.3, 0.4) is 0 Å². The van der Waals surface area contributed by atoms with Crippen molar-refractivity contribution in [2.24, 2.45) is 0 Å². The minimum Gasteiger partial charge on any atom is -0.356 e. The molecule has 1 aromatic carbocycles. The second-order valence-electron chi connectivity index (χ2n) is 3.91. The highest BCUT2D eigenvalue weighted by Crippen LogP contribution is 2.12. The monoisotopic (exact) mass is 239 g/mol. The van der Waals surface area contributed by atoms with Crippen molar-refractivity contribution >= 4 is 17.5 Å². The lowest BCUT2D eigenvalue weighted by Crippen LogP contribution is -2.27. The van der Waals surface area contributed by atoms with Gasteiger partial charge in [0.15, 0.2) is 0 Å². The first-order chi connectivity index (χ1) is 7.74. The maximum atomic E-state index is 11.4. The van der Waals surface area contributed by atoms with Crippen molar-refractivity contribution in [2.45, 2.75) is 25.7 Å². The largest absolute Gasteiger partial charge is 0.356 e. The Balaban J connectivity index is 2.30. The molecule has 0 spiro atoms. The molecule has 1 aromatic rings. The second kappa shape index (κ2) is 7.29. The molecule has 16 heavy (non-hydrogen) atoms. The quantitative estimate of drug-likeness (QED) is 0.760. The minimum absolute atomic E-state index is 0.0865. The smallest absolute Gasteiger partial charge is 0.220 e. The van der Waals surface area contributed by atoms with Gasteiger partial charge in [0.2, 0.25) is 5.91 Å². The van der Waals surface area contributed by atoms with Crippen LogP contribution in [0.2, 0.25) is 0 Å². The number of amides is 1. The van der Waals surface area contributed by atoms with Crippen LogP contribution in [0.5, 0.6) is 0 Å². The molecule has 0 bridgehead atoms. The van der Waals surface area contributed by atoms with E-state index in [9.17, 15) is 4.79 Å². The zero-order valence-corrected chi connectivity index (χ0v) is 10.3. The molecule has 1 atom stereocenters. The first-order valence-electron chi connectivity index (χ1n) is 5.61. The van der Waals surface area contributed by atoms with Gasteiger partial charge in [-0.1, -0.05) is 37.3 Å². The summed E-state index contributed by atoms with van der Waals surface area (Å²) in [6.07, 6.45) is 1.26. The number of nitrogens with one attached hydrogen (secondary N) is 1. The number of hydrogen-bond donors (Lipinski definition) is 1. The molecule has 1 rings (SSSR count). The second-order valence-corrected chi connectivity index (χ2v) is 4.29. The summed E-state index contributed by atoms with van der Waals surface area (Å²) in [5.41, 5.74) is 1.25. The highest BCUT2D eigenvalue weighted by molar-refractivity contribution is 6.17. The number of carbonyl (C=O) groups is 1. The standard InChI is InChI=1S/C13H18ClNO/c1-11(12-6-3-2-4-7-12)10-15-13(16)8-5-9-14/h2-4,6-7,11H,5,8-10H2,1H3,(H,15,16)/t11-/m1/s1. The predicted molar refractivity (Wildman–Crippen MR) is 67.8 cm³/mol. The zero-order valence-electron chi connectivity index (χ0n) is 9.58. The number of benzene rings is 1. The first-order valence-corrected chi connectivity index (χ1v) is 6.15. The summed E-state index contributed by atoms with van der Waals surface area (Å²) >= 11 is 5.52. The highest BCUT2D eigenvalue weighted by Gasteiger charge is 2.06. The van der Waals surface area contributed by atoms with Crippen molar-refractivity contribution in [3.05, 3.63) is 35.9 Å². The van der Waals surface area contributed by atoms with Gasteiger partial charge in [-0.05, 0) is 17.9 Å². The van der Waals surface area contributed by atoms with Crippen molar-refractivity contribution in [1.29, 1.82) is 0 Å². The van der Waals surface area contributed by atoms with E-state index in [0.29, 0.717) is 24.8 Å². The summed E-state index contributed by atoms with van der Waals surface area (Å²) in [5.74, 6) is 0.978. The SMILES string of the molecule is C[C@H](CNC(=O)CCCCl)c1ccccc1. The molecule has 0 fully saturated rings. The minimum atomic E-state index is 0.0865. The summed E-state index contributed by atoms with van der Waals surface area (Å²) in [4.78, 5) is 11.4. The maximum absolute atomic E-state index is 11.4. The lowest BCUT2D eigenvalue weighted by atomic mass is 10.0. The van der Waals surface area contributed by atoms with E-state index < -0.39 is 0 Å². The summed E-state index contributed by atoms with van der Waals surface area (Å²) in [7, 11) is 0. The zero-order chi connectivity index (χ0) is 11.8. The van der Waals surface area contributed by atoms with Crippen LogP contribution < -0.4 is 5.32 Å². The summed E-state index contributed by atoms with van der Waals surface area (Å²) < 4.78 is 0. The lowest BCUT2D eigenvalue weighted by Gasteiger charge is -2.12. The molecule has 0 aliphatic heterocycles. The molecule has 0 heterocycles. The van der Waals surface area contributed by atoms with Gasteiger partial charge in [-0.25, -0.2) is 0 Å². The molecule has 0 unspecified atom stereocenters. The van der Waals surface area contributed by atoms with E-state index in [-0.39, 0.29) is 5.91 Å². The van der Waals surface area contributed by atoms with Crippen LogP contribution in [-0.4, -0.2) is 18.3 Å². The van der Waals surface area contributed by atoms with Crippen LogP contribution in [0.25, 0.3) is 0 Å². The van der Waals surface area contributed by atoms with E-state index in [1.807, 2.05) is 18.2 Å². The molecular formula is C13H18ClNO. The van der Waals surface area contributed by atoms with Crippen LogP contribution in [0.4, 0.5) is 0 Å². The molecule has 1 amide bonds. The Labute approximate surface area is 102 Å². The van der Waals surface area contributed by atoms with Crippen molar-refractivity contribution < 1.29 is 4.79 Å². The number of halogens is 1. The maximum Gasteiger partial charge on any atom is 0.220 e. The van der Waals surface area contributed by atoms with E-state index in [2.05, 4.69) is 24.4 Å². The molecule has 88 valence electrons.